The van der Waals surface area contributed by atoms with Gasteiger partial charge in [-0.2, -0.15) is 0 Å². The molecule has 1 saturated heterocycles. The fourth-order valence-electron chi connectivity index (χ4n) is 3.29. The van der Waals surface area contributed by atoms with E-state index < -0.39 is 27.2 Å². The van der Waals surface area contributed by atoms with Crippen molar-refractivity contribution in [2.45, 2.75) is 25.3 Å². The van der Waals surface area contributed by atoms with Gasteiger partial charge in [0.05, 0.1) is 11.5 Å². The standard InChI is InChI=1S/C17H20N2O6S/c20-15(18-11-1-2-13-14(9-11)25-7-6-24-13)17(4-5-17)16(21)19-12-3-8-26(22,23)10-12/h1-2,9,12H,3-8,10H2,(H,18,20)(H,19,21). The van der Waals surface area contributed by atoms with Gasteiger partial charge in [-0.1, -0.05) is 0 Å². The third-order valence-electron chi connectivity index (χ3n) is 4.99. The highest BCUT2D eigenvalue weighted by Crippen LogP contribution is 2.47. The summed E-state index contributed by atoms with van der Waals surface area (Å²) in [5, 5.41) is 5.49. The Morgan fingerprint density at radius 3 is 2.46 bits per heavy atom. The van der Waals surface area contributed by atoms with Crippen molar-refractivity contribution in [1.29, 1.82) is 0 Å². The van der Waals surface area contributed by atoms with Crippen LogP contribution >= 0.6 is 0 Å². The summed E-state index contributed by atoms with van der Waals surface area (Å²) in [6.07, 6.45) is 1.30. The predicted molar refractivity (Wildman–Crippen MR) is 92.9 cm³/mol. The molecule has 2 heterocycles. The minimum atomic E-state index is -3.08. The van der Waals surface area contributed by atoms with E-state index in [1.54, 1.807) is 18.2 Å². The van der Waals surface area contributed by atoms with Crippen LogP contribution in [0.15, 0.2) is 18.2 Å². The highest BCUT2D eigenvalue weighted by molar-refractivity contribution is 7.91. The van der Waals surface area contributed by atoms with Crippen molar-refractivity contribution in [2.75, 3.05) is 30.0 Å². The molecule has 2 fully saturated rings. The number of hydrogen-bond acceptors (Lipinski definition) is 6. The van der Waals surface area contributed by atoms with Gasteiger partial charge in [0.25, 0.3) is 0 Å². The highest BCUT2D eigenvalue weighted by atomic mass is 32.2. The molecule has 4 rings (SSSR count). The Morgan fingerprint density at radius 2 is 1.81 bits per heavy atom. The number of amides is 2. The first-order valence-electron chi connectivity index (χ1n) is 8.60. The summed E-state index contributed by atoms with van der Waals surface area (Å²) in [6, 6.07) is 4.67. The van der Waals surface area contributed by atoms with Gasteiger partial charge in [0, 0.05) is 17.8 Å². The van der Waals surface area contributed by atoms with Crippen LogP contribution in [0.1, 0.15) is 19.3 Å². The summed E-state index contributed by atoms with van der Waals surface area (Å²) in [6.45, 7) is 0.930. The molecule has 1 unspecified atom stereocenters. The van der Waals surface area contributed by atoms with E-state index in [9.17, 15) is 18.0 Å². The van der Waals surface area contributed by atoms with Crippen LogP contribution in [0.25, 0.3) is 0 Å². The van der Waals surface area contributed by atoms with E-state index in [0.29, 0.717) is 49.7 Å². The zero-order chi connectivity index (χ0) is 18.4. The summed E-state index contributed by atoms with van der Waals surface area (Å²) in [7, 11) is -3.08. The molecule has 26 heavy (non-hydrogen) atoms. The summed E-state index contributed by atoms with van der Waals surface area (Å²) in [5.41, 5.74) is -0.582. The van der Waals surface area contributed by atoms with Crippen molar-refractivity contribution < 1.29 is 27.5 Å². The predicted octanol–water partition coefficient (Wildman–Crippen LogP) is 0.480. The van der Waals surface area contributed by atoms with Crippen LogP contribution in [0.5, 0.6) is 11.5 Å². The summed E-state index contributed by atoms with van der Waals surface area (Å²) in [5.74, 6) is 0.421. The molecule has 2 aliphatic heterocycles. The number of sulfone groups is 1. The van der Waals surface area contributed by atoms with Crippen LogP contribution < -0.4 is 20.1 Å². The summed E-state index contributed by atoms with van der Waals surface area (Å²) < 4.78 is 34.0. The second-order valence-electron chi connectivity index (χ2n) is 6.97. The molecule has 0 aromatic heterocycles. The first-order chi connectivity index (χ1) is 12.4. The normalized spacial score (nSPS) is 24.5. The average Bonchev–Trinajstić information content (AvgIpc) is 3.35. The zero-order valence-corrected chi connectivity index (χ0v) is 14.9. The third-order valence-corrected chi connectivity index (χ3v) is 6.75. The summed E-state index contributed by atoms with van der Waals surface area (Å²) >= 11 is 0. The number of carbonyl (C=O) groups excluding carboxylic acids is 2. The van der Waals surface area contributed by atoms with E-state index in [4.69, 9.17) is 9.47 Å². The van der Waals surface area contributed by atoms with E-state index in [2.05, 4.69) is 10.6 Å². The number of ether oxygens (including phenoxy) is 2. The lowest BCUT2D eigenvalue weighted by Crippen LogP contribution is -2.45. The summed E-state index contributed by atoms with van der Waals surface area (Å²) in [4.78, 5) is 25.2. The van der Waals surface area contributed by atoms with Gasteiger partial charge < -0.3 is 20.1 Å². The number of anilines is 1. The van der Waals surface area contributed by atoms with Crippen LogP contribution in [0.2, 0.25) is 0 Å². The number of rotatable bonds is 4. The molecular formula is C17H20N2O6S. The number of carbonyl (C=O) groups is 2. The van der Waals surface area contributed by atoms with E-state index in [1.165, 1.54) is 0 Å². The van der Waals surface area contributed by atoms with Gasteiger partial charge in [-0.3, -0.25) is 9.59 Å². The van der Waals surface area contributed by atoms with Gasteiger partial charge >= 0.3 is 0 Å². The lowest BCUT2D eigenvalue weighted by Gasteiger charge is -2.20. The van der Waals surface area contributed by atoms with E-state index >= 15 is 0 Å². The molecule has 0 bridgehead atoms. The monoisotopic (exact) mass is 380 g/mol. The molecule has 8 nitrogen and oxygen atoms in total. The van der Waals surface area contributed by atoms with Crippen molar-refractivity contribution in [1.82, 2.24) is 5.32 Å². The third kappa shape index (κ3) is 3.23. The van der Waals surface area contributed by atoms with Crippen LogP contribution in [0, 0.1) is 5.41 Å². The Bertz CT molecular complexity index is 862. The quantitative estimate of drug-likeness (QED) is 0.735. The Kier molecular flexibility index (Phi) is 4.06. The second kappa shape index (κ2) is 6.15. The van der Waals surface area contributed by atoms with E-state index in [1.807, 2.05) is 0 Å². The second-order valence-corrected chi connectivity index (χ2v) is 9.20. The SMILES string of the molecule is O=C(Nc1ccc2c(c1)OCCO2)C1(C(=O)NC2CCS(=O)(=O)C2)CC1. The van der Waals surface area contributed by atoms with E-state index in [0.717, 1.165) is 0 Å². The molecule has 140 valence electrons. The number of hydrogen-bond donors (Lipinski definition) is 2. The largest absolute Gasteiger partial charge is 0.486 e. The maximum absolute atomic E-state index is 12.6. The first-order valence-corrected chi connectivity index (χ1v) is 10.4. The molecule has 1 saturated carbocycles. The molecule has 3 aliphatic rings. The van der Waals surface area contributed by atoms with Crippen molar-refractivity contribution in [3.63, 3.8) is 0 Å². The van der Waals surface area contributed by atoms with Gasteiger partial charge in [-0.15, -0.1) is 0 Å². The van der Waals surface area contributed by atoms with Gasteiger partial charge in [0.2, 0.25) is 11.8 Å². The van der Waals surface area contributed by atoms with Crippen molar-refractivity contribution >= 4 is 27.3 Å². The Morgan fingerprint density at radius 1 is 1.08 bits per heavy atom. The van der Waals surface area contributed by atoms with Crippen molar-refractivity contribution in [3.05, 3.63) is 18.2 Å². The molecule has 0 spiro atoms. The Balaban J connectivity index is 1.42. The Labute approximate surface area is 151 Å². The molecular weight excluding hydrogens is 360 g/mol. The fourth-order valence-corrected chi connectivity index (χ4v) is 4.96. The minimum absolute atomic E-state index is 0.0569. The lowest BCUT2D eigenvalue weighted by atomic mass is 10.0. The van der Waals surface area contributed by atoms with Gasteiger partial charge in [-0.25, -0.2) is 8.42 Å². The maximum atomic E-state index is 12.6. The van der Waals surface area contributed by atoms with Gasteiger partial charge in [0.1, 0.15) is 18.6 Å². The molecule has 0 radical (unpaired) electrons. The lowest BCUT2D eigenvalue weighted by molar-refractivity contribution is -0.134. The Hall–Kier alpha value is -2.29. The number of benzene rings is 1. The average molecular weight is 380 g/mol. The van der Waals surface area contributed by atoms with Gasteiger partial charge in [0.15, 0.2) is 21.3 Å². The van der Waals surface area contributed by atoms with Crippen LogP contribution in [-0.4, -0.2) is 51.0 Å². The van der Waals surface area contributed by atoms with Crippen molar-refractivity contribution in [3.8, 4) is 11.5 Å². The van der Waals surface area contributed by atoms with E-state index in [-0.39, 0.29) is 17.4 Å². The molecule has 2 N–H and O–H groups in total. The number of nitrogens with one attached hydrogen (secondary N) is 2. The minimum Gasteiger partial charge on any atom is -0.486 e. The van der Waals surface area contributed by atoms with Crippen molar-refractivity contribution in [2.24, 2.45) is 5.41 Å². The van der Waals surface area contributed by atoms with Crippen LogP contribution in [0.4, 0.5) is 5.69 Å². The number of fused-ring (bicyclic) bond motifs is 1. The van der Waals surface area contributed by atoms with Gasteiger partial charge in [-0.05, 0) is 31.4 Å². The molecule has 2 amide bonds. The molecule has 1 aromatic rings. The highest BCUT2D eigenvalue weighted by Gasteiger charge is 2.57. The molecule has 1 atom stereocenters. The first kappa shape index (κ1) is 17.1. The van der Waals surface area contributed by atoms with Crippen LogP contribution in [0.3, 0.4) is 0 Å². The maximum Gasteiger partial charge on any atom is 0.240 e. The zero-order valence-electron chi connectivity index (χ0n) is 14.1. The smallest absolute Gasteiger partial charge is 0.240 e. The fraction of sp³-hybridized carbons (Fsp3) is 0.529. The molecule has 1 aliphatic carbocycles. The topological polar surface area (TPSA) is 111 Å². The van der Waals surface area contributed by atoms with Crippen LogP contribution in [-0.2, 0) is 19.4 Å². The molecule has 1 aromatic carbocycles. The molecule has 9 heteroatoms.